The second-order valence-electron chi connectivity index (χ2n) is 5.00. The third-order valence-corrected chi connectivity index (χ3v) is 3.82. The minimum atomic E-state index is -1.19. The summed E-state index contributed by atoms with van der Waals surface area (Å²) in [5.41, 5.74) is 6.12. The van der Waals surface area contributed by atoms with Crippen LogP contribution in [0.4, 0.5) is 10.1 Å². The van der Waals surface area contributed by atoms with E-state index in [-0.39, 0.29) is 5.41 Å². The van der Waals surface area contributed by atoms with Gasteiger partial charge in [0.05, 0.1) is 0 Å². The van der Waals surface area contributed by atoms with Gasteiger partial charge < -0.3 is 5.73 Å². The Kier molecular flexibility index (Phi) is 2.25. The van der Waals surface area contributed by atoms with Gasteiger partial charge in [-0.3, -0.25) is 0 Å². The lowest BCUT2D eigenvalue weighted by Crippen LogP contribution is -2.49. The van der Waals surface area contributed by atoms with E-state index in [2.05, 4.69) is 0 Å². The van der Waals surface area contributed by atoms with Gasteiger partial charge in [0.25, 0.3) is 0 Å². The van der Waals surface area contributed by atoms with Gasteiger partial charge >= 0.3 is 0 Å². The van der Waals surface area contributed by atoms with Crippen LogP contribution in [0.5, 0.6) is 0 Å². The highest BCUT2D eigenvalue weighted by Gasteiger charge is 2.51. The van der Waals surface area contributed by atoms with Crippen LogP contribution >= 0.6 is 0 Å². The van der Waals surface area contributed by atoms with Crippen LogP contribution in [0.2, 0.25) is 0 Å². The summed E-state index contributed by atoms with van der Waals surface area (Å²) in [6.45, 7) is 3.33. The number of nitrogens with two attached hydrogens (primary N) is 1. The Bertz CT molecular complexity index is 361. The SMILES string of the molecule is CC(C)(F)C1(c2ccccc2N)CCC1. The summed E-state index contributed by atoms with van der Waals surface area (Å²) in [6.07, 6.45) is 2.91. The van der Waals surface area contributed by atoms with E-state index in [0.29, 0.717) is 0 Å². The fourth-order valence-electron chi connectivity index (χ4n) is 2.65. The number of alkyl halides is 1. The van der Waals surface area contributed by atoms with Crippen LogP contribution < -0.4 is 5.73 Å². The molecule has 0 amide bonds. The van der Waals surface area contributed by atoms with Crippen molar-refractivity contribution in [2.75, 3.05) is 5.73 Å². The van der Waals surface area contributed by atoms with E-state index in [0.717, 1.165) is 30.5 Å². The van der Waals surface area contributed by atoms with Gasteiger partial charge in [-0.05, 0) is 38.3 Å². The molecule has 15 heavy (non-hydrogen) atoms. The molecular formula is C13H18FN. The van der Waals surface area contributed by atoms with E-state index < -0.39 is 5.67 Å². The van der Waals surface area contributed by atoms with Crippen LogP contribution in [0.25, 0.3) is 0 Å². The van der Waals surface area contributed by atoms with Crippen molar-refractivity contribution in [1.29, 1.82) is 0 Å². The Balaban J connectivity index is 2.48. The van der Waals surface area contributed by atoms with Crippen LogP contribution in [-0.4, -0.2) is 5.67 Å². The van der Waals surface area contributed by atoms with Crippen LogP contribution in [0.15, 0.2) is 24.3 Å². The third-order valence-electron chi connectivity index (χ3n) is 3.82. The monoisotopic (exact) mass is 207 g/mol. The molecule has 0 spiro atoms. The first-order chi connectivity index (χ1) is 6.97. The first kappa shape index (κ1) is 10.5. The predicted octanol–water partition coefficient (Wildman–Crippen LogP) is 3.44. The quantitative estimate of drug-likeness (QED) is 0.739. The Morgan fingerprint density at radius 2 is 1.87 bits per heavy atom. The molecule has 0 aromatic heterocycles. The lowest BCUT2D eigenvalue weighted by molar-refractivity contribution is 0.0273. The number of hydrogen-bond donors (Lipinski definition) is 1. The van der Waals surface area contributed by atoms with E-state index in [4.69, 9.17) is 5.73 Å². The number of rotatable bonds is 2. The average Bonchev–Trinajstić information content (AvgIpc) is 2.03. The second-order valence-corrected chi connectivity index (χ2v) is 5.00. The predicted molar refractivity (Wildman–Crippen MR) is 61.6 cm³/mol. The Hall–Kier alpha value is -1.05. The summed E-state index contributed by atoms with van der Waals surface area (Å²) >= 11 is 0. The molecule has 1 nitrogen and oxygen atoms in total. The van der Waals surface area contributed by atoms with Crippen molar-refractivity contribution in [2.45, 2.75) is 44.2 Å². The number of benzene rings is 1. The van der Waals surface area contributed by atoms with Crippen molar-refractivity contribution < 1.29 is 4.39 Å². The van der Waals surface area contributed by atoms with Crippen molar-refractivity contribution in [3.05, 3.63) is 29.8 Å². The smallest absolute Gasteiger partial charge is 0.115 e. The van der Waals surface area contributed by atoms with Gasteiger partial charge in [-0.15, -0.1) is 0 Å². The molecule has 1 aromatic carbocycles. The maximum atomic E-state index is 14.3. The lowest BCUT2D eigenvalue weighted by Gasteiger charge is -2.49. The van der Waals surface area contributed by atoms with Gasteiger partial charge in [0.15, 0.2) is 0 Å². The van der Waals surface area contributed by atoms with Crippen LogP contribution in [0.3, 0.4) is 0 Å². The number of para-hydroxylation sites is 1. The summed E-state index contributed by atoms with van der Waals surface area (Å²) < 4.78 is 14.3. The van der Waals surface area contributed by atoms with Crippen molar-refractivity contribution in [3.8, 4) is 0 Å². The largest absolute Gasteiger partial charge is 0.398 e. The minimum absolute atomic E-state index is 0.349. The zero-order valence-corrected chi connectivity index (χ0v) is 9.39. The van der Waals surface area contributed by atoms with Gasteiger partial charge in [-0.25, -0.2) is 4.39 Å². The molecule has 82 valence electrons. The molecule has 2 heteroatoms. The molecule has 0 radical (unpaired) electrons. The molecule has 1 fully saturated rings. The van der Waals surface area contributed by atoms with E-state index in [9.17, 15) is 4.39 Å². The number of halogens is 1. The highest BCUT2D eigenvalue weighted by molar-refractivity contribution is 5.53. The van der Waals surface area contributed by atoms with Crippen molar-refractivity contribution >= 4 is 5.69 Å². The fourth-order valence-corrected chi connectivity index (χ4v) is 2.65. The highest BCUT2D eigenvalue weighted by atomic mass is 19.1. The van der Waals surface area contributed by atoms with E-state index >= 15 is 0 Å². The van der Waals surface area contributed by atoms with Gasteiger partial charge in [0.1, 0.15) is 5.67 Å². The first-order valence-electron chi connectivity index (χ1n) is 5.51. The molecule has 1 aliphatic rings. The van der Waals surface area contributed by atoms with E-state index in [1.54, 1.807) is 13.8 Å². The maximum absolute atomic E-state index is 14.3. The molecule has 0 saturated heterocycles. The zero-order valence-electron chi connectivity index (χ0n) is 9.39. The van der Waals surface area contributed by atoms with E-state index in [1.807, 2.05) is 24.3 Å². The van der Waals surface area contributed by atoms with Gasteiger partial charge in [0.2, 0.25) is 0 Å². The van der Waals surface area contributed by atoms with Crippen molar-refractivity contribution in [1.82, 2.24) is 0 Å². The van der Waals surface area contributed by atoms with Crippen LogP contribution in [0, 0.1) is 0 Å². The Morgan fingerprint density at radius 3 is 2.27 bits per heavy atom. The Morgan fingerprint density at radius 1 is 1.27 bits per heavy atom. The molecule has 0 atom stereocenters. The molecule has 2 rings (SSSR count). The number of nitrogen functional groups attached to an aromatic ring is 1. The second kappa shape index (κ2) is 3.22. The summed E-state index contributed by atoms with van der Waals surface area (Å²) in [5, 5.41) is 0. The van der Waals surface area contributed by atoms with Crippen LogP contribution in [-0.2, 0) is 5.41 Å². The van der Waals surface area contributed by atoms with E-state index in [1.165, 1.54) is 0 Å². The molecule has 0 unspecified atom stereocenters. The number of hydrogen-bond acceptors (Lipinski definition) is 1. The number of anilines is 1. The highest BCUT2D eigenvalue weighted by Crippen LogP contribution is 2.54. The fraction of sp³-hybridized carbons (Fsp3) is 0.538. The zero-order chi connectivity index (χ0) is 11.1. The molecule has 2 N–H and O–H groups in total. The molecule has 0 aliphatic heterocycles. The summed E-state index contributed by atoms with van der Waals surface area (Å²) in [6, 6.07) is 7.67. The molecule has 0 bridgehead atoms. The molecular weight excluding hydrogens is 189 g/mol. The standard InChI is InChI=1S/C13H18FN/c1-12(2,14)13(8-5-9-13)10-6-3-4-7-11(10)15/h3-4,6-7H,5,8-9,15H2,1-2H3. The van der Waals surface area contributed by atoms with Gasteiger partial charge in [-0.1, -0.05) is 24.6 Å². The molecule has 1 saturated carbocycles. The topological polar surface area (TPSA) is 26.0 Å². The lowest BCUT2D eigenvalue weighted by atomic mass is 9.57. The normalized spacial score (nSPS) is 19.7. The average molecular weight is 207 g/mol. The first-order valence-corrected chi connectivity index (χ1v) is 5.51. The van der Waals surface area contributed by atoms with Gasteiger partial charge in [0, 0.05) is 11.1 Å². The van der Waals surface area contributed by atoms with Crippen LogP contribution in [0.1, 0.15) is 38.7 Å². The summed E-state index contributed by atoms with van der Waals surface area (Å²) in [7, 11) is 0. The van der Waals surface area contributed by atoms with Crippen molar-refractivity contribution in [2.24, 2.45) is 0 Å². The molecule has 1 aromatic rings. The molecule has 0 heterocycles. The molecule has 1 aliphatic carbocycles. The summed E-state index contributed by atoms with van der Waals surface area (Å²) in [5.74, 6) is 0. The minimum Gasteiger partial charge on any atom is -0.398 e. The summed E-state index contributed by atoms with van der Waals surface area (Å²) in [4.78, 5) is 0. The van der Waals surface area contributed by atoms with Crippen molar-refractivity contribution in [3.63, 3.8) is 0 Å². The van der Waals surface area contributed by atoms with Gasteiger partial charge in [-0.2, -0.15) is 0 Å². The third kappa shape index (κ3) is 1.43. The maximum Gasteiger partial charge on any atom is 0.115 e. The Labute approximate surface area is 90.5 Å².